The average Bonchev–Trinajstić information content (AvgIpc) is 2.89. The second kappa shape index (κ2) is 6.29. The standard InChI is InChI=1S/C11H11BrF3N5O/c12-9-8(16-3-5-19-4-1-2-17-19)6-18-20(10(9)21)7-11(13,14)15/h1-2,4,6,16H,3,5,7H2. The molecule has 0 aromatic carbocycles. The number of rotatable bonds is 5. The minimum absolute atomic E-state index is 0.0159. The molecule has 1 N–H and O–H groups in total. The Morgan fingerprint density at radius 2 is 2.10 bits per heavy atom. The fraction of sp³-hybridized carbons (Fsp3) is 0.364. The minimum atomic E-state index is -4.49. The first-order chi connectivity index (χ1) is 9.87. The number of halogens is 4. The van der Waals surface area contributed by atoms with Gasteiger partial charge in [-0.05, 0) is 22.0 Å². The highest BCUT2D eigenvalue weighted by Crippen LogP contribution is 2.19. The first-order valence-corrected chi connectivity index (χ1v) is 6.70. The van der Waals surface area contributed by atoms with Gasteiger partial charge in [0.25, 0.3) is 5.56 Å². The van der Waals surface area contributed by atoms with E-state index in [9.17, 15) is 18.0 Å². The van der Waals surface area contributed by atoms with Crippen LogP contribution in [0.5, 0.6) is 0 Å². The fourth-order valence-electron chi connectivity index (χ4n) is 1.61. The molecular weight excluding hydrogens is 355 g/mol. The minimum Gasteiger partial charge on any atom is -0.381 e. The monoisotopic (exact) mass is 365 g/mol. The normalized spacial score (nSPS) is 11.6. The molecule has 0 bridgehead atoms. The molecule has 0 saturated heterocycles. The van der Waals surface area contributed by atoms with Crippen molar-refractivity contribution in [2.45, 2.75) is 19.3 Å². The summed E-state index contributed by atoms with van der Waals surface area (Å²) in [7, 11) is 0. The van der Waals surface area contributed by atoms with Crippen LogP contribution in [0.4, 0.5) is 18.9 Å². The molecule has 0 aliphatic heterocycles. The predicted octanol–water partition coefficient (Wildman–Crippen LogP) is 1.88. The van der Waals surface area contributed by atoms with Gasteiger partial charge in [-0.25, -0.2) is 4.68 Å². The maximum Gasteiger partial charge on any atom is 0.408 e. The topological polar surface area (TPSA) is 64.7 Å². The van der Waals surface area contributed by atoms with Gasteiger partial charge in [-0.2, -0.15) is 23.4 Å². The van der Waals surface area contributed by atoms with Crippen molar-refractivity contribution in [3.05, 3.63) is 39.5 Å². The number of aromatic nitrogens is 4. The third kappa shape index (κ3) is 4.31. The summed E-state index contributed by atoms with van der Waals surface area (Å²) < 4.78 is 38.9. The predicted molar refractivity (Wildman–Crippen MR) is 73.0 cm³/mol. The summed E-state index contributed by atoms with van der Waals surface area (Å²) in [6.45, 7) is -0.423. The summed E-state index contributed by atoms with van der Waals surface area (Å²) in [5.41, 5.74) is -0.498. The Morgan fingerprint density at radius 1 is 1.33 bits per heavy atom. The van der Waals surface area contributed by atoms with Crippen molar-refractivity contribution in [3.63, 3.8) is 0 Å². The first kappa shape index (κ1) is 15.5. The molecule has 0 amide bonds. The van der Waals surface area contributed by atoms with E-state index in [1.165, 1.54) is 6.20 Å². The van der Waals surface area contributed by atoms with Crippen molar-refractivity contribution in [3.8, 4) is 0 Å². The van der Waals surface area contributed by atoms with Crippen LogP contribution in [-0.4, -0.2) is 32.3 Å². The molecule has 2 aromatic heterocycles. The summed E-state index contributed by atoms with van der Waals surface area (Å²) in [5, 5.41) is 10.4. The molecule has 0 radical (unpaired) electrons. The van der Waals surface area contributed by atoms with Crippen molar-refractivity contribution in [2.24, 2.45) is 0 Å². The molecule has 0 unspecified atom stereocenters. The van der Waals surface area contributed by atoms with E-state index in [0.717, 1.165) is 0 Å². The molecule has 21 heavy (non-hydrogen) atoms. The van der Waals surface area contributed by atoms with E-state index in [1.807, 2.05) is 0 Å². The van der Waals surface area contributed by atoms with E-state index >= 15 is 0 Å². The quantitative estimate of drug-likeness (QED) is 0.878. The van der Waals surface area contributed by atoms with Crippen LogP contribution in [0.2, 0.25) is 0 Å². The van der Waals surface area contributed by atoms with E-state index in [0.29, 0.717) is 23.5 Å². The Hall–Kier alpha value is -1.84. The van der Waals surface area contributed by atoms with E-state index in [2.05, 4.69) is 31.4 Å². The van der Waals surface area contributed by atoms with Gasteiger partial charge in [0.15, 0.2) is 0 Å². The van der Waals surface area contributed by atoms with Gasteiger partial charge < -0.3 is 5.32 Å². The van der Waals surface area contributed by atoms with E-state index in [4.69, 9.17) is 0 Å². The summed E-state index contributed by atoms with van der Waals surface area (Å²) >= 11 is 2.99. The molecule has 0 aliphatic rings. The van der Waals surface area contributed by atoms with Crippen LogP contribution in [0, 0.1) is 0 Å². The van der Waals surface area contributed by atoms with E-state index in [1.54, 1.807) is 23.1 Å². The molecule has 0 atom stereocenters. The van der Waals surface area contributed by atoms with Crippen molar-refractivity contribution in [1.29, 1.82) is 0 Å². The van der Waals surface area contributed by atoms with Crippen LogP contribution in [0.1, 0.15) is 0 Å². The lowest BCUT2D eigenvalue weighted by atomic mass is 10.4. The molecule has 2 heterocycles. The van der Waals surface area contributed by atoms with Gasteiger partial charge in [0.2, 0.25) is 0 Å². The summed E-state index contributed by atoms with van der Waals surface area (Å²) in [5.74, 6) is 0. The van der Waals surface area contributed by atoms with Crippen LogP contribution < -0.4 is 10.9 Å². The molecule has 114 valence electrons. The highest BCUT2D eigenvalue weighted by atomic mass is 79.9. The third-order valence-corrected chi connectivity index (χ3v) is 3.30. The molecular formula is C11H11BrF3N5O. The molecule has 6 nitrogen and oxygen atoms in total. The van der Waals surface area contributed by atoms with Crippen LogP contribution in [0.15, 0.2) is 33.9 Å². The zero-order valence-electron chi connectivity index (χ0n) is 10.6. The van der Waals surface area contributed by atoms with Gasteiger partial charge in [0.1, 0.15) is 11.0 Å². The lowest BCUT2D eigenvalue weighted by molar-refractivity contribution is -0.143. The number of anilines is 1. The number of nitrogens with zero attached hydrogens (tertiary/aromatic N) is 4. The Kier molecular flexibility index (Phi) is 4.66. The Labute approximate surface area is 125 Å². The number of nitrogens with one attached hydrogen (secondary N) is 1. The summed E-state index contributed by atoms with van der Waals surface area (Å²) in [6.07, 6.45) is 0.0949. The van der Waals surface area contributed by atoms with Crippen molar-refractivity contribution in [2.75, 3.05) is 11.9 Å². The van der Waals surface area contributed by atoms with E-state index < -0.39 is 18.3 Å². The average molecular weight is 366 g/mol. The molecule has 0 fully saturated rings. The lowest BCUT2D eigenvalue weighted by Gasteiger charge is -2.11. The van der Waals surface area contributed by atoms with Crippen molar-refractivity contribution >= 4 is 21.6 Å². The lowest BCUT2D eigenvalue weighted by Crippen LogP contribution is -2.31. The Bertz CT molecular complexity index is 653. The largest absolute Gasteiger partial charge is 0.408 e. The van der Waals surface area contributed by atoms with E-state index in [-0.39, 0.29) is 4.47 Å². The smallest absolute Gasteiger partial charge is 0.381 e. The summed E-state index contributed by atoms with van der Waals surface area (Å²) in [4.78, 5) is 11.8. The molecule has 10 heteroatoms. The van der Waals surface area contributed by atoms with Crippen LogP contribution in [0.25, 0.3) is 0 Å². The second-order valence-corrected chi connectivity index (χ2v) is 4.94. The van der Waals surface area contributed by atoms with Gasteiger partial charge in [-0.15, -0.1) is 0 Å². The first-order valence-electron chi connectivity index (χ1n) is 5.90. The second-order valence-electron chi connectivity index (χ2n) is 4.15. The van der Waals surface area contributed by atoms with Gasteiger partial charge in [0, 0.05) is 18.9 Å². The van der Waals surface area contributed by atoms with Gasteiger partial charge in [-0.3, -0.25) is 9.48 Å². The number of alkyl halides is 3. The highest BCUT2D eigenvalue weighted by molar-refractivity contribution is 9.10. The fourth-order valence-corrected chi connectivity index (χ4v) is 2.06. The third-order valence-electron chi connectivity index (χ3n) is 2.53. The van der Waals surface area contributed by atoms with Gasteiger partial charge in [-0.1, -0.05) is 0 Å². The molecule has 0 spiro atoms. The maximum absolute atomic E-state index is 12.3. The van der Waals surface area contributed by atoms with Crippen LogP contribution in [-0.2, 0) is 13.1 Å². The zero-order valence-corrected chi connectivity index (χ0v) is 12.2. The molecule has 0 saturated carbocycles. The van der Waals surface area contributed by atoms with Crippen LogP contribution >= 0.6 is 15.9 Å². The van der Waals surface area contributed by atoms with Crippen molar-refractivity contribution < 1.29 is 13.2 Å². The van der Waals surface area contributed by atoms with Crippen LogP contribution in [0.3, 0.4) is 0 Å². The highest BCUT2D eigenvalue weighted by Gasteiger charge is 2.29. The molecule has 2 aromatic rings. The summed E-state index contributed by atoms with van der Waals surface area (Å²) in [6, 6.07) is 1.77. The number of hydrogen-bond donors (Lipinski definition) is 1. The van der Waals surface area contributed by atoms with Gasteiger partial charge >= 0.3 is 6.18 Å². The Morgan fingerprint density at radius 3 is 2.71 bits per heavy atom. The molecule has 0 aliphatic carbocycles. The van der Waals surface area contributed by atoms with Crippen molar-refractivity contribution in [1.82, 2.24) is 19.6 Å². The SMILES string of the molecule is O=c1c(Br)c(NCCn2cccn2)cnn1CC(F)(F)F. The zero-order chi connectivity index (χ0) is 15.5. The van der Waals surface area contributed by atoms with Gasteiger partial charge in [0.05, 0.1) is 18.4 Å². The maximum atomic E-state index is 12.3. The number of hydrogen-bond acceptors (Lipinski definition) is 4. The molecule has 2 rings (SSSR count). The Balaban J connectivity index is 2.04.